The van der Waals surface area contributed by atoms with Crippen molar-refractivity contribution in [3.63, 3.8) is 0 Å². The van der Waals surface area contributed by atoms with E-state index in [4.69, 9.17) is 19.4 Å². The molecule has 3 saturated carbocycles. The smallest absolute Gasteiger partial charge is 0.204 e. The SMILES string of the molecule is COc1ccc2nc3c(nc2c1)[C@@H]1CCC2[C@@]45CO[C@](O)([C@@H](O)C4C(C)(C)CC[C@@H]5O)[C@]32C1C. The highest BCUT2D eigenvalue weighted by Gasteiger charge is 2.84. The molecule has 7 heteroatoms. The molecule has 3 heterocycles. The van der Waals surface area contributed by atoms with Crippen LogP contribution in [0, 0.1) is 28.6 Å². The van der Waals surface area contributed by atoms with Crippen LogP contribution in [0.5, 0.6) is 5.75 Å². The number of hydrogen-bond donors (Lipinski definition) is 3. The molecule has 1 aromatic carbocycles. The molecule has 2 saturated heterocycles. The number of aliphatic hydroxyl groups excluding tert-OH is 2. The molecule has 9 atom stereocenters. The van der Waals surface area contributed by atoms with Crippen LogP contribution in [0.1, 0.15) is 63.8 Å². The summed E-state index contributed by atoms with van der Waals surface area (Å²) in [5.74, 6) is -1.22. The summed E-state index contributed by atoms with van der Waals surface area (Å²) in [6.45, 7) is 6.77. The van der Waals surface area contributed by atoms with Crippen molar-refractivity contribution >= 4 is 11.0 Å². The van der Waals surface area contributed by atoms with Gasteiger partial charge in [0.15, 0.2) is 0 Å². The first-order valence-corrected chi connectivity index (χ1v) is 12.7. The van der Waals surface area contributed by atoms with Crippen LogP contribution in [0.4, 0.5) is 0 Å². The van der Waals surface area contributed by atoms with Crippen LogP contribution in [-0.4, -0.2) is 57.0 Å². The second-order valence-corrected chi connectivity index (χ2v) is 12.3. The van der Waals surface area contributed by atoms with Gasteiger partial charge in [-0.2, -0.15) is 0 Å². The maximum absolute atomic E-state index is 12.4. The van der Waals surface area contributed by atoms with E-state index in [2.05, 4.69) is 20.8 Å². The second-order valence-electron chi connectivity index (χ2n) is 12.3. The molecule has 2 spiro atoms. The number of aliphatic hydroxyl groups is 3. The summed E-state index contributed by atoms with van der Waals surface area (Å²) in [7, 11) is 1.64. The maximum atomic E-state index is 12.4. The molecule has 1 aromatic heterocycles. The van der Waals surface area contributed by atoms with Gasteiger partial charge in [0.1, 0.15) is 11.9 Å². The topological polar surface area (TPSA) is 105 Å². The fraction of sp³-hybridized carbons (Fsp3) is 0.704. The van der Waals surface area contributed by atoms with Gasteiger partial charge in [-0.05, 0) is 55.1 Å². The Balaban J connectivity index is 1.53. The summed E-state index contributed by atoms with van der Waals surface area (Å²) in [5.41, 5.74) is 1.44. The number of methoxy groups -OCH3 is 1. The van der Waals surface area contributed by atoms with Gasteiger partial charge < -0.3 is 24.8 Å². The van der Waals surface area contributed by atoms with E-state index in [1.54, 1.807) is 7.11 Å². The van der Waals surface area contributed by atoms with Gasteiger partial charge in [-0.25, -0.2) is 9.97 Å². The van der Waals surface area contributed by atoms with E-state index in [0.29, 0.717) is 6.42 Å². The van der Waals surface area contributed by atoms with Crippen LogP contribution in [-0.2, 0) is 10.2 Å². The Hall–Kier alpha value is -1.80. The first-order valence-electron chi connectivity index (χ1n) is 12.7. The molecule has 34 heavy (non-hydrogen) atoms. The summed E-state index contributed by atoms with van der Waals surface area (Å²) in [6, 6.07) is 5.68. The van der Waals surface area contributed by atoms with Crippen molar-refractivity contribution < 1.29 is 24.8 Å². The number of ether oxygens (including phenoxy) is 2. The molecule has 182 valence electrons. The first kappa shape index (κ1) is 21.5. The van der Waals surface area contributed by atoms with Gasteiger partial charge in [0.25, 0.3) is 0 Å². The van der Waals surface area contributed by atoms with Crippen molar-refractivity contribution in [3.8, 4) is 5.75 Å². The van der Waals surface area contributed by atoms with Crippen LogP contribution in [0.3, 0.4) is 0 Å². The van der Waals surface area contributed by atoms with Crippen molar-refractivity contribution in [2.75, 3.05) is 13.7 Å². The normalized spacial score (nSPS) is 47.7. The number of nitrogens with zero attached hydrogens (tertiary/aromatic N) is 2. The lowest BCUT2D eigenvalue weighted by molar-refractivity contribution is -0.446. The van der Waals surface area contributed by atoms with E-state index in [1.165, 1.54) is 0 Å². The average molecular weight is 467 g/mol. The summed E-state index contributed by atoms with van der Waals surface area (Å²) in [6.07, 6.45) is 1.58. The molecule has 2 aliphatic heterocycles. The molecule has 6 aliphatic rings. The highest BCUT2D eigenvalue weighted by molar-refractivity contribution is 5.77. The molecule has 5 fully saturated rings. The van der Waals surface area contributed by atoms with Crippen molar-refractivity contribution in [2.45, 2.75) is 75.8 Å². The molecule has 4 bridgehead atoms. The van der Waals surface area contributed by atoms with Gasteiger partial charge in [-0.1, -0.05) is 20.8 Å². The minimum atomic E-state index is -1.77. The van der Waals surface area contributed by atoms with E-state index in [1.807, 2.05) is 18.2 Å². The zero-order valence-corrected chi connectivity index (χ0v) is 20.3. The Bertz CT molecular complexity index is 1220. The fourth-order valence-electron chi connectivity index (χ4n) is 9.62. The minimum Gasteiger partial charge on any atom is -0.497 e. The number of fused-ring (bicyclic) bond motifs is 5. The number of hydrogen-bond acceptors (Lipinski definition) is 7. The summed E-state index contributed by atoms with van der Waals surface area (Å²) in [4.78, 5) is 10.2. The lowest BCUT2D eigenvalue weighted by atomic mass is 9.34. The largest absolute Gasteiger partial charge is 0.497 e. The second kappa shape index (κ2) is 6.30. The summed E-state index contributed by atoms with van der Waals surface area (Å²) >= 11 is 0. The molecular formula is C27H34N2O5. The highest BCUT2D eigenvalue weighted by Crippen LogP contribution is 2.77. The predicted molar refractivity (Wildman–Crippen MR) is 124 cm³/mol. The lowest BCUT2D eigenvalue weighted by Crippen LogP contribution is -2.85. The third-order valence-electron chi connectivity index (χ3n) is 10.9. The molecule has 8 rings (SSSR count). The highest BCUT2D eigenvalue weighted by atomic mass is 16.6. The van der Waals surface area contributed by atoms with E-state index in [9.17, 15) is 15.3 Å². The van der Waals surface area contributed by atoms with Gasteiger partial charge in [0.05, 0.1) is 47.7 Å². The Labute approximate surface area is 199 Å². The van der Waals surface area contributed by atoms with Gasteiger partial charge in [-0.3, -0.25) is 0 Å². The number of rotatable bonds is 1. The Morgan fingerprint density at radius 2 is 1.88 bits per heavy atom. The summed E-state index contributed by atoms with van der Waals surface area (Å²) in [5, 5.41) is 36.0. The van der Waals surface area contributed by atoms with Crippen LogP contribution < -0.4 is 4.74 Å². The molecule has 0 amide bonds. The molecule has 4 aliphatic carbocycles. The lowest BCUT2D eigenvalue weighted by Gasteiger charge is -2.75. The zero-order valence-electron chi connectivity index (χ0n) is 20.3. The quantitative estimate of drug-likeness (QED) is 0.594. The number of aromatic nitrogens is 2. The third-order valence-corrected chi connectivity index (χ3v) is 10.9. The molecular weight excluding hydrogens is 432 g/mol. The Morgan fingerprint density at radius 3 is 2.65 bits per heavy atom. The minimum absolute atomic E-state index is 0.0185. The first-order chi connectivity index (χ1) is 16.1. The van der Waals surface area contributed by atoms with Crippen molar-refractivity contribution in [2.24, 2.45) is 28.6 Å². The van der Waals surface area contributed by atoms with Gasteiger partial charge in [0, 0.05) is 23.3 Å². The van der Waals surface area contributed by atoms with Crippen molar-refractivity contribution in [3.05, 3.63) is 29.6 Å². The Kier molecular flexibility index (Phi) is 3.98. The van der Waals surface area contributed by atoms with Gasteiger partial charge in [0.2, 0.25) is 5.79 Å². The molecule has 3 N–H and O–H groups in total. The molecule has 0 radical (unpaired) electrons. The average Bonchev–Trinajstić information content (AvgIpc) is 2.94. The van der Waals surface area contributed by atoms with Crippen LogP contribution in [0.25, 0.3) is 11.0 Å². The van der Waals surface area contributed by atoms with E-state index in [0.717, 1.165) is 47.4 Å². The fourth-order valence-corrected chi connectivity index (χ4v) is 9.62. The maximum Gasteiger partial charge on any atom is 0.204 e. The van der Waals surface area contributed by atoms with Crippen molar-refractivity contribution in [1.29, 1.82) is 0 Å². The van der Waals surface area contributed by atoms with Crippen LogP contribution in [0.15, 0.2) is 18.2 Å². The monoisotopic (exact) mass is 466 g/mol. The Morgan fingerprint density at radius 1 is 1.09 bits per heavy atom. The predicted octanol–water partition coefficient (Wildman–Crippen LogP) is 2.90. The molecule has 2 aromatic rings. The number of benzene rings is 1. The van der Waals surface area contributed by atoms with Gasteiger partial charge >= 0.3 is 0 Å². The van der Waals surface area contributed by atoms with Gasteiger partial charge in [-0.15, -0.1) is 0 Å². The third kappa shape index (κ3) is 2.05. The van der Waals surface area contributed by atoms with E-state index < -0.39 is 28.8 Å². The van der Waals surface area contributed by atoms with E-state index in [-0.39, 0.29) is 35.7 Å². The summed E-state index contributed by atoms with van der Waals surface area (Å²) < 4.78 is 11.7. The molecule has 3 unspecified atom stereocenters. The standard InChI is InChI=1S/C27H34N2O5/c1-13-15-6-8-18-25-12-34-27(32,23(31)21(25)24(2,3)10-9-19(25)30)26(13,18)22-20(15)28-17-11-14(33-4)5-7-16(17)29-22/h5,7,11,13,15,18-19,21,23,30-32H,6,8-10,12H2,1-4H3/t13?,15-,18?,19+,21?,23+,25-,26+,27-/m1/s1. The van der Waals surface area contributed by atoms with Crippen LogP contribution in [0.2, 0.25) is 0 Å². The zero-order chi connectivity index (χ0) is 23.8. The van der Waals surface area contributed by atoms with Crippen molar-refractivity contribution in [1.82, 2.24) is 9.97 Å². The van der Waals surface area contributed by atoms with E-state index >= 15 is 0 Å². The molecule has 7 nitrogen and oxygen atoms in total. The van der Waals surface area contributed by atoms with Crippen LogP contribution >= 0.6 is 0 Å².